The van der Waals surface area contributed by atoms with E-state index in [0.29, 0.717) is 11.9 Å². The van der Waals surface area contributed by atoms with E-state index in [1.165, 1.54) is 12.8 Å². The molecule has 0 aromatic carbocycles. The molecule has 7 heteroatoms. The van der Waals surface area contributed by atoms with Crippen LogP contribution in [0.5, 0.6) is 0 Å². The number of hydrogen-bond donors (Lipinski definition) is 0. The van der Waals surface area contributed by atoms with E-state index in [4.69, 9.17) is 4.52 Å². The largest absolute Gasteiger partial charge is 0.338 e. The monoisotopic (exact) mass is 262 g/mol. The number of aryl methyl sites for hydroxylation is 1. The van der Waals surface area contributed by atoms with Gasteiger partial charge in [0.1, 0.15) is 12.7 Å². The molecule has 1 fully saturated rings. The van der Waals surface area contributed by atoms with Gasteiger partial charge in [0, 0.05) is 12.5 Å². The van der Waals surface area contributed by atoms with E-state index in [1.54, 1.807) is 12.7 Å². The summed E-state index contributed by atoms with van der Waals surface area (Å²) in [5.41, 5.74) is 0. The molecule has 0 saturated carbocycles. The summed E-state index contributed by atoms with van der Waals surface area (Å²) in [7, 11) is 0. The summed E-state index contributed by atoms with van der Waals surface area (Å²) in [4.78, 5) is 10.7. The highest BCUT2D eigenvalue weighted by atomic mass is 16.5. The Labute approximate surface area is 111 Å². The van der Waals surface area contributed by atoms with Gasteiger partial charge in [-0.15, -0.1) is 0 Å². The van der Waals surface area contributed by atoms with Gasteiger partial charge in [0.05, 0.1) is 13.1 Å². The molecule has 1 unspecified atom stereocenters. The molecule has 3 rings (SSSR count). The number of rotatable bonds is 5. The van der Waals surface area contributed by atoms with Crippen LogP contribution in [0.2, 0.25) is 0 Å². The van der Waals surface area contributed by atoms with Gasteiger partial charge < -0.3 is 4.52 Å². The highest BCUT2D eigenvalue weighted by molar-refractivity contribution is 4.88. The first-order valence-corrected chi connectivity index (χ1v) is 6.73. The number of aromatic nitrogens is 5. The molecule has 0 bridgehead atoms. The quantitative estimate of drug-likeness (QED) is 0.796. The topological polar surface area (TPSA) is 72.9 Å². The summed E-state index contributed by atoms with van der Waals surface area (Å²) in [6.45, 7) is 4.70. The average molecular weight is 262 g/mol. The van der Waals surface area contributed by atoms with E-state index in [-0.39, 0.29) is 0 Å². The third kappa shape index (κ3) is 2.81. The molecule has 19 heavy (non-hydrogen) atoms. The van der Waals surface area contributed by atoms with Crippen molar-refractivity contribution in [1.82, 2.24) is 29.8 Å². The Morgan fingerprint density at radius 2 is 2.42 bits per heavy atom. The fourth-order valence-corrected chi connectivity index (χ4v) is 2.52. The summed E-state index contributed by atoms with van der Waals surface area (Å²) in [5, 5.41) is 8.10. The highest BCUT2D eigenvalue weighted by Gasteiger charge is 2.26. The van der Waals surface area contributed by atoms with E-state index < -0.39 is 0 Å². The maximum atomic E-state index is 5.26. The second-order valence-electron chi connectivity index (χ2n) is 4.84. The summed E-state index contributed by atoms with van der Waals surface area (Å²) in [5.74, 6) is 1.49. The maximum absolute atomic E-state index is 5.26. The molecule has 1 aliphatic rings. The van der Waals surface area contributed by atoms with Crippen LogP contribution in [0.3, 0.4) is 0 Å². The van der Waals surface area contributed by atoms with Crippen molar-refractivity contribution < 1.29 is 4.52 Å². The standard InChI is InChI=1S/C12H18N6O/c1-2-11-15-12(19-16-11)7-17-5-3-4-10(17)6-18-9-13-8-14-18/h8-10H,2-7H2,1H3. The van der Waals surface area contributed by atoms with Crippen LogP contribution in [0.4, 0.5) is 0 Å². The molecule has 0 radical (unpaired) electrons. The van der Waals surface area contributed by atoms with Crippen molar-refractivity contribution in [2.75, 3.05) is 6.54 Å². The molecule has 2 aromatic rings. The van der Waals surface area contributed by atoms with Gasteiger partial charge >= 0.3 is 0 Å². The minimum atomic E-state index is 0.471. The van der Waals surface area contributed by atoms with Crippen LogP contribution in [0.1, 0.15) is 31.5 Å². The Kier molecular flexibility index (Phi) is 3.54. The maximum Gasteiger partial charge on any atom is 0.240 e. The summed E-state index contributed by atoms with van der Waals surface area (Å²) < 4.78 is 7.15. The fraction of sp³-hybridized carbons (Fsp3) is 0.667. The number of likely N-dealkylation sites (tertiary alicyclic amines) is 1. The highest BCUT2D eigenvalue weighted by Crippen LogP contribution is 2.20. The van der Waals surface area contributed by atoms with Crippen molar-refractivity contribution in [3.8, 4) is 0 Å². The lowest BCUT2D eigenvalue weighted by atomic mass is 10.2. The minimum Gasteiger partial charge on any atom is -0.338 e. The lowest BCUT2D eigenvalue weighted by molar-refractivity contribution is 0.191. The molecular weight excluding hydrogens is 244 g/mol. The van der Waals surface area contributed by atoms with E-state index in [0.717, 1.165) is 31.9 Å². The number of nitrogens with zero attached hydrogens (tertiary/aromatic N) is 6. The first kappa shape index (κ1) is 12.3. The second kappa shape index (κ2) is 5.48. The Hall–Kier alpha value is -1.76. The molecule has 7 nitrogen and oxygen atoms in total. The van der Waals surface area contributed by atoms with Gasteiger partial charge in [-0.05, 0) is 19.4 Å². The molecular formula is C12H18N6O. The minimum absolute atomic E-state index is 0.471. The molecule has 0 N–H and O–H groups in total. The van der Waals surface area contributed by atoms with Gasteiger partial charge in [-0.25, -0.2) is 4.98 Å². The van der Waals surface area contributed by atoms with E-state index in [1.807, 2.05) is 11.6 Å². The fourth-order valence-electron chi connectivity index (χ4n) is 2.52. The first-order chi connectivity index (χ1) is 9.35. The van der Waals surface area contributed by atoms with Crippen LogP contribution in [-0.4, -0.2) is 42.4 Å². The SMILES string of the molecule is CCc1noc(CN2CCCC2Cn2cncn2)n1. The Balaban J connectivity index is 1.62. The van der Waals surface area contributed by atoms with Crippen molar-refractivity contribution >= 4 is 0 Å². The lowest BCUT2D eigenvalue weighted by Gasteiger charge is -2.22. The Morgan fingerprint density at radius 3 is 3.16 bits per heavy atom. The van der Waals surface area contributed by atoms with Crippen molar-refractivity contribution in [1.29, 1.82) is 0 Å². The predicted molar refractivity (Wildman–Crippen MR) is 67.1 cm³/mol. The molecule has 2 aromatic heterocycles. The lowest BCUT2D eigenvalue weighted by Crippen LogP contribution is -2.32. The van der Waals surface area contributed by atoms with Gasteiger partial charge in [0.2, 0.25) is 5.89 Å². The summed E-state index contributed by atoms with van der Waals surface area (Å²) in [6, 6.07) is 0.471. The third-order valence-electron chi connectivity index (χ3n) is 3.53. The zero-order chi connectivity index (χ0) is 13.1. The van der Waals surface area contributed by atoms with Gasteiger partial charge in [-0.1, -0.05) is 12.1 Å². The van der Waals surface area contributed by atoms with Crippen LogP contribution in [0.25, 0.3) is 0 Å². The van der Waals surface area contributed by atoms with Crippen molar-refractivity contribution in [2.45, 2.75) is 45.3 Å². The third-order valence-corrected chi connectivity index (χ3v) is 3.53. The Bertz CT molecular complexity index is 508. The molecule has 0 aliphatic carbocycles. The zero-order valence-electron chi connectivity index (χ0n) is 11.1. The molecule has 102 valence electrons. The first-order valence-electron chi connectivity index (χ1n) is 6.73. The molecule has 1 aliphatic heterocycles. The van der Waals surface area contributed by atoms with E-state index in [2.05, 4.69) is 25.1 Å². The van der Waals surface area contributed by atoms with E-state index >= 15 is 0 Å². The van der Waals surface area contributed by atoms with E-state index in [9.17, 15) is 0 Å². The molecule has 1 atom stereocenters. The van der Waals surface area contributed by atoms with Crippen LogP contribution < -0.4 is 0 Å². The van der Waals surface area contributed by atoms with Crippen LogP contribution in [0.15, 0.2) is 17.2 Å². The van der Waals surface area contributed by atoms with Gasteiger partial charge in [-0.2, -0.15) is 10.1 Å². The van der Waals surface area contributed by atoms with Crippen molar-refractivity contribution in [3.05, 3.63) is 24.4 Å². The average Bonchev–Trinajstić information content (AvgIpc) is 3.14. The summed E-state index contributed by atoms with van der Waals surface area (Å²) in [6.07, 6.45) is 6.53. The van der Waals surface area contributed by atoms with Gasteiger partial charge in [0.15, 0.2) is 5.82 Å². The van der Waals surface area contributed by atoms with Crippen molar-refractivity contribution in [2.24, 2.45) is 0 Å². The predicted octanol–water partition coefficient (Wildman–Crippen LogP) is 0.888. The van der Waals surface area contributed by atoms with Crippen LogP contribution >= 0.6 is 0 Å². The normalized spacial score (nSPS) is 20.2. The Morgan fingerprint density at radius 1 is 1.47 bits per heavy atom. The molecule has 0 amide bonds. The van der Waals surface area contributed by atoms with Crippen LogP contribution in [0, 0.1) is 0 Å². The van der Waals surface area contributed by atoms with Crippen LogP contribution in [-0.2, 0) is 19.5 Å². The molecule has 3 heterocycles. The summed E-state index contributed by atoms with van der Waals surface area (Å²) >= 11 is 0. The van der Waals surface area contributed by atoms with Gasteiger partial charge in [0.25, 0.3) is 0 Å². The zero-order valence-corrected chi connectivity index (χ0v) is 11.1. The smallest absolute Gasteiger partial charge is 0.240 e. The molecule has 1 saturated heterocycles. The molecule has 0 spiro atoms. The second-order valence-corrected chi connectivity index (χ2v) is 4.84. The van der Waals surface area contributed by atoms with Crippen molar-refractivity contribution in [3.63, 3.8) is 0 Å². The number of hydrogen-bond acceptors (Lipinski definition) is 6. The van der Waals surface area contributed by atoms with Gasteiger partial charge in [-0.3, -0.25) is 9.58 Å².